The summed E-state index contributed by atoms with van der Waals surface area (Å²) in [6, 6.07) is 5.42. The second kappa shape index (κ2) is 2.32. The van der Waals surface area contributed by atoms with Crippen molar-refractivity contribution in [3.63, 3.8) is 0 Å². The number of nitrogens with one attached hydrogen (secondary N) is 1. The van der Waals surface area contributed by atoms with Crippen LogP contribution in [0.2, 0.25) is 0 Å². The van der Waals surface area contributed by atoms with Gasteiger partial charge in [0.05, 0.1) is 7.11 Å². The van der Waals surface area contributed by atoms with Crippen molar-refractivity contribution in [2.75, 3.05) is 7.11 Å². The Morgan fingerprint density at radius 1 is 1.36 bits per heavy atom. The molecule has 1 aliphatic heterocycles. The maximum atomic E-state index is 5.01. The molecule has 1 aromatic rings. The highest BCUT2D eigenvalue weighted by Gasteiger charge is 2.17. The molecule has 0 bridgehead atoms. The molecule has 0 spiro atoms. The molecular formula is C7H7NO3. The van der Waals surface area contributed by atoms with Crippen molar-refractivity contribution in [3.05, 3.63) is 18.2 Å². The molecule has 0 unspecified atom stereocenters. The highest BCUT2D eigenvalue weighted by molar-refractivity contribution is 5.51. The molecule has 0 aliphatic carbocycles. The van der Waals surface area contributed by atoms with Gasteiger partial charge in [-0.3, -0.25) is 0 Å². The van der Waals surface area contributed by atoms with E-state index in [1.54, 1.807) is 19.2 Å². The van der Waals surface area contributed by atoms with Gasteiger partial charge in [0.15, 0.2) is 11.5 Å². The van der Waals surface area contributed by atoms with Crippen molar-refractivity contribution >= 4 is 0 Å². The van der Waals surface area contributed by atoms with Gasteiger partial charge in [0.2, 0.25) is 5.75 Å². The van der Waals surface area contributed by atoms with Crippen LogP contribution in [0.1, 0.15) is 0 Å². The zero-order valence-corrected chi connectivity index (χ0v) is 5.96. The summed E-state index contributed by atoms with van der Waals surface area (Å²) in [6.45, 7) is 0. The van der Waals surface area contributed by atoms with Crippen LogP contribution in [0, 0.1) is 0 Å². The molecule has 1 N–H and O–H groups in total. The SMILES string of the molecule is COc1cccc2c1ONO2. The summed E-state index contributed by atoms with van der Waals surface area (Å²) in [7, 11) is 1.58. The van der Waals surface area contributed by atoms with Crippen molar-refractivity contribution < 1.29 is 14.4 Å². The van der Waals surface area contributed by atoms with Gasteiger partial charge < -0.3 is 14.4 Å². The Morgan fingerprint density at radius 3 is 3.09 bits per heavy atom. The first-order valence-corrected chi connectivity index (χ1v) is 3.17. The average Bonchev–Trinajstić information content (AvgIpc) is 2.50. The van der Waals surface area contributed by atoms with Gasteiger partial charge in [0.1, 0.15) is 0 Å². The Hall–Kier alpha value is -1.42. The number of fused-ring (bicyclic) bond motifs is 1. The van der Waals surface area contributed by atoms with Crippen molar-refractivity contribution in [1.29, 1.82) is 0 Å². The molecule has 1 heterocycles. The molecular weight excluding hydrogens is 146 g/mol. The minimum absolute atomic E-state index is 0.593. The summed E-state index contributed by atoms with van der Waals surface area (Å²) in [5, 5.41) is 0. The van der Waals surface area contributed by atoms with Crippen LogP contribution in [0.5, 0.6) is 17.2 Å². The number of ether oxygens (including phenoxy) is 1. The molecule has 4 heteroatoms. The quantitative estimate of drug-likeness (QED) is 0.650. The Balaban J connectivity index is 2.50. The minimum atomic E-state index is 0.593. The molecule has 0 saturated heterocycles. The van der Waals surface area contributed by atoms with E-state index >= 15 is 0 Å². The molecule has 0 aromatic heterocycles. The third-order valence-electron chi connectivity index (χ3n) is 1.46. The lowest BCUT2D eigenvalue weighted by Crippen LogP contribution is -2.14. The third kappa shape index (κ3) is 0.877. The Morgan fingerprint density at radius 2 is 2.27 bits per heavy atom. The predicted octanol–water partition coefficient (Wildman–Crippen LogP) is 0.886. The van der Waals surface area contributed by atoms with Crippen molar-refractivity contribution in [3.8, 4) is 17.2 Å². The van der Waals surface area contributed by atoms with E-state index in [0.29, 0.717) is 17.2 Å². The van der Waals surface area contributed by atoms with Gasteiger partial charge in [-0.25, -0.2) is 0 Å². The van der Waals surface area contributed by atoms with Gasteiger partial charge in [-0.15, -0.1) is 0 Å². The Labute approximate surface area is 63.6 Å². The van der Waals surface area contributed by atoms with E-state index in [1.165, 1.54) is 0 Å². The van der Waals surface area contributed by atoms with Crippen LogP contribution in [-0.4, -0.2) is 7.11 Å². The van der Waals surface area contributed by atoms with Crippen molar-refractivity contribution in [1.82, 2.24) is 5.64 Å². The van der Waals surface area contributed by atoms with Crippen LogP contribution in [0.3, 0.4) is 0 Å². The van der Waals surface area contributed by atoms with E-state index in [4.69, 9.17) is 14.4 Å². The zero-order valence-electron chi connectivity index (χ0n) is 5.96. The van der Waals surface area contributed by atoms with E-state index in [-0.39, 0.29) is 0 Å². The van der Waals surface area contributed by atoms with Crippen LogP contribution in [0.4, 0.5) is 0 Å². The highest BCUT2D eigenvalue weighted by Crippen LogP contribution is 2.38. The lowest BCUT2D eigenvalue weighted by Gasteiger charge is -2.00. The predicted molar refractivity (Wildman–Crippen MR) is 37.4 cm³/mol. The molecule has 1 aliphatic rings. The number of hydrogen-bond acceptors (Lipinski definition) is 4. The summed E-state index contributed by atoms with van der Waals surface area (Å²) in [6.07, 6.45) is 0. The molecule has 1 aromatic carbocycles. The van der Waals surface area contributed by atoms with Gasteiger partial charge >= 0.3 is 0 Å². The van der Waals surface area contributed by atoms with Gasteiger partial charge in [-0.2, -0.15) is 0 Å². The van der Waals surface area contributed by atoms with Crippen molar-refractivity contribution in [2.24, 2.45) is 0 Å². The molecule has 2 rings (SSSR count). The van der Waals surface area contributed by atoms with E-state index in [9.17, 15) is 0 Å². The number of methoxy groups -OCH3 is 1. The summed E-state index contributed by atoms with van der Waals surface area (Å²) in [5.41, 5.74) is 2.28. The van der Waals surface area contributed by atoms with Crippen LogP contribution in [0.15, 0.2) is 18.2 Å². The van der Waals surface area contributed by atoms with E-state index in [2.05, 4.69) is 5.64 Å². The van der Waals surface area contributed by atoms with E-state index < -0.39 is 0 Å². The number of para-hydroxylation sites is 1. The lowest BCUT2D eigenvalue weighted by atomic mass is 10.3. The third-order valence-corrected chi connectivity index (χ3v) is 1.46. The first kappa shape index (κ1) is 6.30. The van der Waals surface area contributed by atoms with Gasteiger partial charge in [-0.05, 0) is 12.1 Å². The Bertz CT molecular complexity index is 274. The molecule has 58 valence electrons. The molecule has 11 heavy (non-hydrogen) atoms. The summed E-state index contributed by atoms with van der Waals surface area (Å²) in [4.78, 5) is 9.81. The van der Waals surface area contributed by atoms with E-state index in [0.717, 1.165) is 0 Å². The first-order valence-electron chi connectivity index (χ1n) is 3.17. The summed E-state index contributed by atoms with van der Waals surface area (Å²) < 4.78 is 5.01. The van der Waals surface area contributed by atoms with Crippen LogP contribution >= 0.6 is 0 Å². The molecule has 0 atom stereocenters. The highest BCUT2D eigenvalue weighted by atomic mass is 16.9. The largest absolute Gasteiger partial charge is 0.493 e. The number of rotatable bonds is 1. The monoisotopic (exact) mass is 153 g/mol. The fourth-order valence-corrected chi connectivity index (χ4v) is 0.945. The maximum Gasteiger partial charge on any atom is 0.237 e. The number of benzene rings is 1. The molecule has 0 fully saturated rings. The topological polar surface area (TPSA) is 39.7 Å². The van der Waals surface area contributed by atoms with Gasteiger partial charge in [0, 0.05) is 5.64 Å². The van der Waals surface area contributed by atoms with E-state index in [1.807, 2.05) is 6.07 Å². The second-order valence-corrected chi connectivity index (χ2v) is 2.07. The van der Waals surface area contributed by atoms with Gasteiger partial charge in [0.25, 0.3) is 0 Å². The Kier molecular flexibility index (Phi) is 1.33. The fraction of sp³-hybridized carbons (Fsp3) is 0.143. The smallest absolute Gasteiger partial charge is 0.237 e. The van der Waals surface area contributed by atoms with Gasteiger partial charge in [-0.1, -0.05) is 6.07 Å². The lowest BCUT2D eigenvalue weighted by molar-refractivity contribution is 0.0248. The van der Waals surface area contributed by atoms with Crippen LogP contribution in [0.25, 0.3) is 0 Å². The maximum absolute atomic E-state index is 5.01. The molecule has 0 radical (unpaired) electrons. The first-order chi connectivity index (χ1) is 5.42. The summed E-state index contributed by atoms with van der Waals surface area (Å²) in [5.74, 6) is 1.90. The second-order valence-electron chi connectivity index (χ2n) is 2.07. The minimum Gasteiger partial charge on any atom is -0.493 e. The zero-order chi connectivity index (χ0) is 7.68. The van der Waals surface area contributed by atoms with Crippen molar-refractivity contribution in [2.45, 2.75) is 0 Å². The standard InChI is InChI=1S/C7H7NO3/c1-9-5-3-2-4-6-7(5)11-8-10-6/h2-4,8H,1H3. The fourth-order valence-electron chi connectivity index (χ4n) is 0.945. The molecule has 0 saturated carbocycles. The molecule has 0 amide bonds. The average molecular weight is 153 g/mol. The van der Waals surface area contributed by atoms with Crippen LogP contribution < -0.4 is 20.1 Å². The number of hydrogen-bond donors (Lipinski definition) is 1. The molecule has 4 nitrogen and oxygen atoms in total. The summed E-state index contributed by atoms with van der Waals surface area (Å²) >= 11 is 0. The van der Waals surface area contributed by atoms with Crippen LogP contribution in [-0.2, 0) is 0 Å². The normalized spacial score (nSPS) is 13.2.